The Bertz CT molecular complexity index is 861. The van der Waals surface area contributed by atoms with Gasteiger partial charge in [0.25, 0.3) is 5.91 Å². The van der Waals surface area contributed by atoms with Crippen LogP contribution in [0.4, 0.5) is 0 Å². The van der Waals surface area contributed by atoms with Crippen LogP contribution in [-0.2, 0) is 18.3 Å². The number of aryl methyl sites for hydroxylation is 1. The molecular formula is C23H34N6O2. The lowest BCUT2D eigenvalue weighted by Gasteiger charge is -2.34. The molecule has 2 heterocycles. The molecule has 1 amide bonds. The van der Waals surface area contributed by atoms with Gasteiger partial charge in [0.15, 0.2) is 5.96 Å². The minimum absolute atomic E-state index is 0.0168. The van der Waals surface area contributed by atoms with Crippen LogP contribution in [-0.4, -0.2) is 59.3 Å². The van der Waals surface area contributed by atoms with E-state index in [1.807, 2.05) is 43.7 Å². The molecule has 8 nitrogen and oxygen atoms in total. The summed E-state index contributed by atoms with van der Waals surface area (Å²) in [6, 6.07) is 7.68. The number of aromatic nitrogens is 2. The second kappa shape index (κ2) is 11.5. The Morgan fingerprint density at radius 1 is 1.26 bits per heavy atom. The zero-order chi connectivity index (χ0) is 22.1. The number of unbranched alkanes of at least 4 members (excludes halogenated alkanes) is 1. The van der Waals surface area contributed by atoms with Gasteiger partial charge in [-0.1, -0.05) is 25.5 Å². The average molecular weight is 427 g/mol. The Morgan fingerprint density at radius 3 is 2.74 bits per heavy atom. The maximum absolute atomic E-state index is 12.2. The van der Waals surface area contributed by atoms with E-state index in [4.69, 9.17) is 9.73 Å². The minimum atomic E-state index is -0.0217. The number of nitrogens with one attached hydrogen (secondary N) is 2. The van der Waals surface area contributed by atoms with Gasteiger partial charge in [-0.05, 0) is 31.0 Å². The SMILES string of the molecule is CCCCNC(=O)c1ccc(CN=C(NCC)N2CCOC(c3cnn(C)c3)C2)cc1. The molecule has 168 valence electrons. The van der Waals surface area contributed by atoms with Gasteiger partial charge in [-0.15, -0.1) is 0 Å². The summed E-state index contributed by atoms with van der Waals surface area (Å²) in [5, 5.41) is 10.6. The molecule has 1 aliphatic heterocycles. The summed E-state index contributed by atoms with van der Waals surface area (Å²) in [5.41, 5.74) is 2.83. The van der Waals surface area contributed by atoms with Gasteiger partial charge in [-0.2, -0.15) is 5.10 Å². The van der Waals surface area contributed by atoms with Gasteiger partial charge in [0.1, 0.15) is 6.10 Å². The predicted octanol–water partition coefficient (Wildman–Crippen LogP) is 2.49. The molecule has 1 aromatic heterocycles. The molecular weight excluding hydrogens is 392 g/mol. The highest BCUT2D eigenvalue weighted by Crippen LogP contribution is 2.21. The molecule has 3 rings (SSSR count). The van der Waals surface area contributed by atoms with Crippen LogP contribution in [0.1, 0.15) is 54.3 Å². The number of hydrogen-bond acceptors (Lipinski definition) is 4. The molecule has 0 aliphatic carbocycles. The lowest BCUT2D eigenvalue weighted by Crippen LogP contribution is -2.48. The van der Waals surface area contributed by atoms with E-state index in [0.29, 0.717) is 25.3 Å². The fraction of sp³-hybridized carbons (Fsp3) is 0.522. The smallest absolute Gasteiger partial charge is 0.251 e. The number of amides is 1. The highest BCUT2D eigenvalue weighted by molar-refractivity contribution is 5.94. The molecule has 2 aromatic rings. The lowest BCUT2D eigenvalue weighted by molar-refractivity contribution is -0.00805. The second-order valence-corrected chi connectivity index (χ2v) is 7.73. The van der Waals surface area contributed by atoms with E-state index in [2.05, 4.69) is 34.5 Å². The van der Waals surface area contributed by atoms with Crippen molar-refractivity contribution >= 4 is 11.9 Å². The van der Waals surface area contributed by atoms with E-state index in [1.54, 1.807) is 4.68 Å². The number of morpholine rings is 1. The topological polar surface area (TPSA) is 83.8 Å². The van der Waals surface area contributed by atoms with Crippen LogP contribution in [0.2, 0.25) is 0 Å². The van der Waals surface area contributed by atoms with Crippen molar-refractivity contribution < 1.29 is 9.53 Å². The first-order valence-corrected chi connectivity index (χ1v) is 11.1. The van der Waals surface area contributed by atoms with E-state index in [0.717, 1.165) is 49.6 Å². The van der Waals surface area contributed by atoms with Gasteiger partial charge in [0.2, 0.25) is 0 Å². The standard InChI is InChI=1S/C23H34N6O2/c1-4-6-11-25-22(30)19-9-7-18(8-10-19)14-26-23(24-5-2)29-12-13-31-21(17-29)20-15-27-28(3)16-20/h7-10,15-16,21H,4-6,11-14,17H2,1-3H3,(H,24,26)(H,25,30). The number of benzene rings is 1. The number of ether oxygens (including phenoxy) is 1. The number of carbonyl (C=O) groups excluding carboxylic acids is 1. The maximum atomic E-state index is 12.2. The third-order valence-electron chi connectivity index (χ3n) is 5.24. The molecule has 31 heavy (non-hydrogen) atoms. The molecule has 1 fully saturated rings. The largest absolute Gasteiger partial charge is 0.370 e. The van der Waals surface area contributed by atoms with Crippen molar-refractivity contribution in [2.75, 3.05) is 32.8 Å². The highest BCUT2D eigenvalue weighted by Gasteiger charge is 2.25. The van der Waals surface area contributed by atoms with Crippen molar-refractivity contribution in [3.8, 4) is 0 Å². The van der Waals surface area contributed by atoms with Crippen LogP contribution in [0.25, 0.3) is 0 Å². The molecule has 0 spiro atoms. The van der Waals surface area contributed by atoms with Crippen molar-refractivity contribution in [1.29, 1.82) is 0 Å². The molecule has 0 bridgehead atoms. The van der Waals surface area contributed by atoms with E-state index >= 15 is 0 Å². The number of rotatable bonds is 8. The summed E-state index contributed by atoms with van der Waals surface area (Å²) in [4.78, 5) is 19.2. The molecule has 1 aliphatic rings. The fourth-order valence-corrected chi connectivity index (χ4v) is 3.48. The molecule has 1 unspecified atom stereocenters. The second-order valence-electron chi connectivity index (χ2n) is 7.73. The van der Waals surface area contributed by atoms with Crippen molar-refractivity contribution in [2.45, 2.75) is 39.3 Å². The van der Waals surface area contributed by atoms with Gasteiger partial charge >= 0.3 is 0 Å². The average Bonchev–Trinajstić information content (AvgIpc) is 3.23. The van der Waals surface area contributed by atoms with Crippen LogP contribution in [0, 0.1) is 0 Å². The third-order valence-corrected chi connectivity index (χ3v) is 5.24. The third kappa shape index (κ3) is 6.55. The number of nitrogens with zero attached hydrogens (tertiary/aromatic N) is 4. The van der Waals surface area contributed by atoms with E-state index in [-0.39, 0.29) is 12.0 Å². The first-order valence-electron chi connectivity index (χ1n) is 11.1. The number of guanidine groups is 1. The normalized spacial score (nSPS) is 16.9. The molecule has 0 saturated carbocycles. The van der Waals surface area contributed by atoms with Crippen LogP contribution in [0.15, 0.2) is 41.7 Å². The summed E-state index contributed by atoms with van der Waals surface area (Å²) in [6.45, 7) is 8.41. The summed E-state index contributed by atoms with van der Waals surface area (Å²) in [6.07, 6.45) is 5.90. The Hall–Kier alpha value is -2.87. The Labute approximate surface area is 184 Å². The number of carbonyl (C=O) groups is 1. The summed E-state index contributed by atoms with van der Waals surface area (Å²) >= 11 is 0. The minimum Gasteiger partial charge on any atom is -0.370 e. The van der Waals surface area contributed by atoms with Gasteiger partial charge in [0.05, 0.1) is 25.9 Å². The van der Waals surface area contributed by atoms with Gasteiger partial charge in [0, 0.05) is 44.0 Å². The lowest BCUT2D eigenvalue weighted by atomic mass is 10.1. The fourth-order valence-electron chi connectivity index (χ4n) is 3.48. The first kappa shape index (κ1) is 22.8. The molecule has 2 N–H and O–H groups in total. The van der Waals surface area contributed by atoms with E-state index < -0.39 is 0 Å². The van der Waals surface area contributed by atoms with Crippen molar-refractivity contribution in [1.82, 2.24) is 25.3 Å². The van der Waals surface area contributed by atoms with E-state index in [9.17, 15) is 4.79 Å². The molecule has 8 heteroatoms. The number of aliphatic imine (C=N–C) groups is 1. The van der Waals surface area contributed by atoms with Crippen LogP contribution in [0.5, 0.6) is 0 Å². The van der Waals surface area contributed by atoms with Crippen LogP contribution < -0.4 is 10.6 Å². The highest BCUT2D eigenvalue weighted by atomic mass is 16.5. The van der Waals surface area contributed by atoms with Crippen LogP contribution >= 0.6 is 0 Å². The van der Waals surface area contributed by atoms with Gasteiger partial charge in [-0.25, -0.2) is 4.99 Å². The molecule has 1 aromatic carbocycles. The van der Waals surface area contributed by atoms with Crippen molar-refractivity contribution in [3.63, 3.8) is 0 Å². The molecule has 1 atom stereocenters. The maximum Gasteiger partial charge on any atom is 0.251 e. The zero-order valence-electron chi connectivity index (χ0n) is 18.8. The van der Waals surface area contributed by atoms with Crippen LogP contribution in [0.3, 0.4) is 0 Å². The summed E-state index contributed by atoms with van der Waals surface area (Å²) < 4.78 is 7.75. The zero-order valence-corrected chi connectivity index (χ0v) is 18.8. The quantitative estimate of drug-likeness (QED) is 0.385. The Balaban J connectivity index is 1.62. The van der Waals surface area contributed by atoms with Crippen molar-refractivity contribution in [2.24, 2.45) is 12.0 Å². The Morgan fingerprint density at radius 2 is 2.06 bits per heavy atom. The first-order chi connectivity index (χ1) is 15.1. The monoisotopic (exact) mass is 426 g/mol. The summed E-state index contributed by atoms with van der Waals surface area (Å²) in [5.74, 6) is 0.854. The van der Waals surface area contributed by atoms with Gasteiger partial charge in [-0.3, -0.25) is 9.48 Å². The molecule has 0 radical (unpaired) electrons. The predicted molar refractivity (Wildman–Crippen MR) is 122 cm³/mol. The number of hydrogen-bond donors (Lipinski definition) is 2. The van der Waals surface area contributed by atoms with Gasteiger partial charge < -0.3 is 20.3 Å². The summed E-state index contributed by atoms with van der Waals surface area (Å²) in [7, 11) is 1.91. The molecule has 1 saturated heterocycles. The van der Waals surface area contributed by atoms with Crippen molar-refractivity contribution in [3.05, 3.63) is 53.3 Å². The Kier molecular flexibility index (Phi) is 8.46. The van der Waals surface area contributed by atoms with E-state index in [1.165, 1.54) is 0 Å².